The normalized spacial score (nSPS) is 16.3. The Kier molecular flexibility index (Phi) is 7.70. The quantitative estimate of drug-likeness (QED) is 0.521. The van der Waals surface area contributed by atoms with Crippen molar-refractivity contribution in [1.29, 1.82) is 0 Å². The molecule has 0 aromatic heterocycles. The Morgan fingerprint density at radius 2 is 1.83 bits per heavy atom. The number of ether oxygens (including phenoxy) is 1. The van der Waals surface area contributed by atoms with Gasteiger partial charge in [0.2, 0.25) is 10.0 Å². The third kappa shape index (κ3) is 5.73. The summed E-state index contributed by atoms with van der Waals surface area (Å²) < 4.78 is 32.3. The molecule has 1 heterocycles. The second-order valence-electron chi connectivity index (χ2n) is 7.32. The van der Waals surface area contributed by atoms with E-state index in [1.54, 1.807) is 42.7 Å². The van der Waals surface area contributed by atoms with Crippen molar-refractivity contribution in [2.75, 3.05) is 33.8 Å². The van der Waals surface area contributed by atoms with Crippen molar-refractivity contribution in [3.8, 4) is 5.75 Å². The number of piperidine rings is 1. The topological polar surface area (TPSA) is 83.0 Å². The van der Waals surface area contributed by atoms with Crippen LogP contribution in [0.15, 0.2) is 64.5 Å². The summed E-state index contributed by atoms with van der Waals surface area (Å²) in [6, 6.07) is 16.6. The smallest absolute Gasteiger partial charge is 0.243 e. The van der Waals surface area contributed by atoms with Crippen LogP contribution in [0.3, 0.4) is 0 Å². The number of guanidine groups is 1. The van der Waals surface area contributed by atoms with Gasteiger partial charge >= 0.3 is 0 Å². The van der Waals surface area contributed by atoms with Crippen molar-refractivity contribution in [2.45, 2.75) is 24.3 Å². The summed E-state index contributed by atoms with van der Waals surface area (Å²) in [6.45, 7) is 2.49. The highest BCUT2D eigenvalue weighted by Crippen LogP contribution is 2.23. The summed E-state index contributed by atoms with van der Waals surface area (Å²) in [5.74, 6) is 1.97. The number of methoxy groups -OCH3 is 1. The molecule has 1 saturated heterocycles. The maximum atomic E-state index is 12.7. The monoisotopic (exact) mass is 430 g/mol. The van der Waals surface area contributed by atoms with Crippen LogP contribution in [0.2, 0.25) is 0 Å². The Morgan fingerprint density at radius 1 is 1.10 bits per heavy atom. The number of rotatable bonds is 7. The summed E-state index contributed by atoms with van der Waals surface area (Å²) in [5.41, 5.74) is 1.11. The van der Waals surface area contributed by atoms with Crippen LogP contribution in [0.4, 0.5) is 0 Å². The summed E-state index contributed by atoms with van der Waals surface area (Å²) in [4.78, 5) is 4.65. The van der Waals surface area contributed by atoms with E-state index < -0.39 is 10.0 Å². The first kappa shape index (κ1) is 22.1. The van der Waals surface area contributed by atoms with Gasteiger partial charge in [-0.2, -0.15) is 4.31 Å². The molecule has 8 heteroatoms. The molecule has 0 saturated carbocycles. The molecule has 7 nitrogen and oxygen atoms in total. The zero-order valence-corrected chi connectivity index (χ0v) is 18.4. The van der Waals surface area contributed by atoms with Crippen LogP contribution in [0.5, 0.6) is 5.75 Å². The molecule has 2 aromatic carbocycles. The SMILES string of the molecule is CN=C(NCc1cccc(OC)c1)NCC1CCN(S(=O)(=O)c2ccccc2)CC1. The van der Waals surface area contributed by atoms with Crippen LogP contribution in [-0.2, 0) is 16.6 Å². The molecule has 1 aliphatic heterocycles. The number of benzene rings is 2. The highest BCUT2D eigenvalue weighted by atomic mass is 32.2. The first-order chi connectivity index (χ1) is 14.5. The Bertz CT molecular complexity index is 940. The molecule has 2 N–H and O–H groups in total. The van der Waals surface area contributed by atoms with Gasteiger partial charge in [-0.05, 0) is 48.6 Å². The fourth-order valence-corrected chi connectivity index (χ4v) is 5.02. The Balaban J connectivity index is 1.45. The number of hydrogen-bond acceptors (Lipinski definition) is 4. The van der Waals surface area contributed by atoms with E-state index in [0.29, 0.717) is 30.4 Å². The van der Waals surface area contributed by atoms with Gasteiger partial charge in [0, 0.05) is 33.2 Å². The van der Waals surface area contributed by atoms with Crippen LogP contribution >= 0.6 is 0 Å². The zero-order valence-electron chi connectivity index (χ0n) is 17.5. The van der Waals surface area contributed by atoms with Gasteiger partial charge in [0.05, 0.1) is 12.0 Å². The molecule has 0 unspecified atom stereocenters. The minimum absolute atomic E-state index is 0.365. The number of aliphatic imine (C=N–C) groups is 1. The first-order valence-electron chi connectivity index (χ1n) is 10.2. The van der Waals surface area contributed by atoms with Crippen molar-refractivity contribution in [3.05, 3.63) is 60.2 Å². The van der Waals surface area contributed by atoms with E-state index in [1.807, 2.05) is 30.3 Å². The summed E-state index contributed by atoms with van der Waals surface area (Å²) >= 11 is 0. The van der Waals surface area contributed by atoms with Crippen LogP contribution in [0.25, 0.3) is 0 Å². The molecule has 3 rings (SSSR count). The average molecular weight is 431 g/mol. The van der Waals surface area contributed by atoms with Gasteiger partial charge < -0.3 is 15.4 Å². The molecule has 1 fully saturated rings. The van der Waals surface area contributed by atoms with Gasteiger partial charge in [-0.15, -0.1) is 0 Å². The van der Waals surface area contributed by atoms with E-state index in [2.05, 4.69) is 15.6 Å². The van der Waals surface area contributed by atoms with Gasteiger partial charge in [-0.1, -0.05) is 30.3 Å². The first-order valence-corrected chi connectivity index (χ1v) is 11.6. The predicted molar refractivity (Wildman–Crippen MR) is 119 cm³/mol. The van der Waals surface area contributed by atoms with E-state index in [0.717, 1.165) is 36.7 Å². The number of nitrogens with one attached hydrogen (secondary N) is 2. The minimum Gasteiger partial charge on any atom is -0.497 e. The molecule has 0 aliphatic carbocycles. The molecule has 0 radical (unpaired) electrons. The molecule has 0 atom stereocenters. The van der Waals surface area contributed by atoms with E-state index >= 15 is 0 Å². The lowest BCUT2D eigenvalue weighted by atomic mass is 9.98. The molecular formula is C22H30N4O3S. The largest absolute Gasteiger partial charge is 0.497 e. The van der Waals surface area contributed by atoms with Crippen LogP contribution in [0, 0.1) is 5.92 Å². The number of nitrogens with zero attached hydrogens (tertiary/aromatic N) is 2. The van der Waals surface area contributed by atoms with Crippen LogP contribution in [-0.4, -0.2) is 52.5 Å². The molecule has 0 spiro atoms. The molecule has 2 aromatic rings. The lowest BCUT2D eigenvalue weighted by Gasteiger charge is -2.31. The molecular weight excluding hydrogens is 400 g/mol. The van der Waals surface area contributed by atoms with E-state index in [9.17, 15) is 8.42 Å². The van der Waals surface area contributed by atoms with Gasteiger partial charge in [0.15, 0.2) is 5.96 Å². The predicted octanol–water partition coefficient (Wildman–Crippen LogP) is 2.46. The molecule has 1 aliphatic rings. The van der Waals surface area contributed by atoms with Crippen molar-refractivity contribution in [1.82, 2.24) is 14.9 Å². The van der Waals surface area contributed by atoms with Gasteiger partial charge in [0.1, 0.15) is 5.75 Å². The van der Waals surface area contributed by atoms with E-state index in [4.69, 9.17) is 4.74 Å². The maximum absolute atomic E-state index is 12.7. The van der Waals surface area contributed by atoms with Crippen LogP contribution < -0.4 is 15.4 Å². The fraction of sp³-hybridized carbons (Fsp3) is 0.409. The highest BCUT2D eigenvalue weighted by molar-refractivity contribution is 7.89. The van der Waals surface area contributed by atoms with E-state index in [-0.39, 0.29) is 0 Å². The third-order valence-electron chi connectivity index (χ3n) is 5.33. The molecule has 0 bridgehead atoms. The summed E-state index contributed by atoms with van der Waals surface area (Å²) in [6.07, 6.45) is 1.65. The Morgan fingerprint density at radius 3 is 2.50 bits per heavy atom. The van der Waals surface area contributed by atoms with Crippen molar-refractivity contribution < 1.29 is 13.2 Å². The molecule has 30 heavy (non-hydrogen) atoms. The summed E-state index contributed by atoms with van der Waals surface area (Å²) in [7, 11) is 0.00233. The van der Waals surface area contributed by atoms with Gasteiger partial charge in [0.25, 0.3) is 0 Å². The lowest BCUT2D eigenvalue weighted by molar-refractivity contribution is 0.273. The second-order valence-corrected chi connectivity index (χ2v) is 9.26. The van der Waals surface area contributed by atoms with Crippen molar-refractivity contribution in [2.24, 2.45) is 10.9 Å². The zero-order chi connectivity index (χ0) is 21.4. The Hall–Kier alpha value is -2.58. The van der Waals surface area contributed by atoms with Gasteiger partial charge in [-0.3, -0.25) is 4.99 Å². The lowest BCUT2D eigenvalue weighted by Crippen LogP contribution is -2.44. The van der Waals surface area contributed by atoms with E-state index in [1.165, 1.54) is 0 Å². The van der Waals surface area contributed by atoms with Crippen molar-refractivity contribution >= 4 is 16.0 Å². The number of sulfonamides is 1. The summed E-state index contributed by atoms with van der Waals surface area (Å²) in [5, 5.41) is 6.67. The molecule has 0 amide bonds. The fourth-order valence-electron chi connectivity index (χ4n) is 3.53. The highest BCUT2D eigenvalue weighted by Gasteiger charge is 2.29. The average Bonchev–Trinajstić information content (AvgIpc) is 2.80. The van der Waals surface area contributed by atoms with Gasteiger partial charge in [-0.25, -0.2) is 8.42 Å². The molecule has 162 valence electrons. The second kappa shape index (κ2) is 10.4. The van der Waals surface area contributed by atoms with Crippen LogP contribution in [0.1, 0.15) is 18.4 Å². The maximum Gasteiger partial charge on any atom is 0.243 e. The Labute approximate surface area is 179 Å². The standard InChI is InChI=1S/C22H30N4O3S/c1-23-22(25-17-19-7-6-8-20(15-19)29-2)24-16-18-11-13-26(14-12-18)30(27,28)21-9-4-3-5-10-21/h3-10,15,18H,11-14,16-17H2,1-2H3,(H2,23,24,25). The number of hydrogen-bond donors (Lipinski definition) is 2. The van der Waals surface area contributed by atoms with Crippen molar-refractivity contribution in [3.63, 3.8) is 0 Å². The third-order valence-corrected chi connectivity index (χ3v) is 7.24. The minimum atomic E-state index is -3.40.